The molecule has 6 heteroatoms. The number of aromatic nitrogens is 2. The van der Waals surface area contributed by atoms with Gasteiger partial charge in [0.15, 0.2) is 6.61 Å². The van der Waals surface area contributed by atoms with E-state index in [2.05, 4.69) is 4.98 Å². The van der Waals surface area contributed by atoms with Gasteiger partial charge in [-0.2, -0.15) is 0 Å². The van der Waals surface area contributed by atoms with Crippen molar-refractivity contribution < 1.29 is 14.3 Å². The van der Waals surface area contributed by atoms with Crippen molar-refractivity contribution in [3.8, 4) is 5.69 Å². The average molecular weight is 393 g/mol. The van der Waals surface area contributed by atoms with Gasteiger partial charge < -0.3 is 9.64 Å². The van der Waals surface area contributed by atoms with Crippen LogP contribution in [0.2, 0.25) is 0 Å². The molecule has 3 aromatic rings. The third-order valence-electron chi connectivity index (χ3n) is 4.80. The molecular weight excluding hydrogens is 366 g/mol. The molecule has 1 heterocycles. The number of rotatable bonds is 6. The van der Waals surface area contributed by atoms with Gasteiger partial charge in [-0.15, -0.1) is 0 Å². The maximum atomic E-state index is 12.5. The first-order valence-electron chi connectivity index (χ1n) is 9.82. The molecule has 0 N–H and O–H groups in total. The second-order valence-electron chi connectivity index (χ2n) is 7.60. The zero-order chi connectivity index (χ0) is 21.1. The van der Waals surface area contributed by atoms with E-state index in [-0.39, 0.29) is 24.6 Å². The predicted molar refractivity (Wildman–Crippen MR) is 113 cm³/mol. The summed E-state index contributed by atoms with van der Waals surface area (Å²) in [6.45, 7) is 9.43. The van der Waals surface area contributed by atoms with Crippen LogP contribution >= 0.6 is 0 Å². The van der Waals surface area contributed by atoms with Gasteiger partial charge in [-0.3, -0.25) is 9.36 Å². The summed E-state index contributed by atoms with van der Waals surface area (Å²) in [7, 11) is 0. The van der Waals surface area contributed by atoms with Gasteiger partial charge in [-0.1, -0.05) is 18.2 Å². The SMILES string of the molecule is Cc1nc2cc(C(=O)OCC(=O)N(C(C)C)C(C)C)ccc2n1-c1ccccc1. The second-order valence-corrected chi connectivity index (χ2v) is 7.60. The molecule has 2 aromatic carbocycles. The lowest BCUT2D eigenvalue weighted by Gasteiger charge is -2.30. The molecule has 0 aliphatic carbocycles. The maximum Gasteiger partial charge on any atom is 0.338 e. The van der Waals surface area contributed by atoms with E-state index in [4.69, 9.17) is 4.74 Å². The predicted octanol–water partition coefficient (Wildman–Crippen LogP) is 4.14. The third kappa shape index (κ3) is 4.31. The summed E-state index contributed by atoms with van der Waals surface area (Å²) in [5.41, 5.74) is 3.00. The number of aryl methyl sites for hydroxylation is 1. The van der Waals surface area contributed by atoms with Crippen molar-refractivity contribution in [2.24, 2.45) is 0 Å². The molecule has 0 atom stereocenters. The van der Waals surface area contributed by atoms with E-state index >= 15 is 0 Å². The molecule has 29 heavy (non-hydrogen) atoms. The van der Waals surface area contributed by atoms with Gasteiger partial charge in [0.25, 0.3) is 5.91 Å². The Hall–Kier alpha value is -3.15. The highest BCUT2D eigenvalue weighted by Gasteiger charge is 2.22. The molecule has 0 spiro atoms. The average Bonchev–Trinajstić information content (AvgIpc) is 3.01. The number of ether oxygens (including phenoxy) is 1. The van der Waals surface area contributed by atoms with Crippen LogP contribution in [0.1, 0.15) is 43.9 Å². The largest absolute Gasteiger partial charge is 0.452 e. The number of amides is 1. The molecule has 0 bridgehead atoms. The summed E-state index contributed by atoms with van der Waals surface area (Å²) in [5.74, 6) is 0.102. The molecule has 0 aliphatic rings. The van der Waals surface area contributed by atoms with Crippen molar-refractivity contribution in [1.29, 1.82) is 0 Å². The van der Waals surface area contributed by atoms with E-state index in [0.29, 0.717) is 11.1 Å². The number of benzene rings is 2. The molecule has 0 saturated heterocycles. The van der Waals surface area contributed by atoms with E-state index in [1.165, 1.54) is 0 Å². The molecule has 0 unspecified atom stereocenters. The van der Waals surface area contributed by atoms with Crippen molar-refractivity contribution in [2.45, 2.75) is 46.7 Å². The highest BCUT2D eigenvalue weighted by molar-refractivity contribution is 5.95. The first-order chi connectivity index (χ1) is 13.8. The number of carbonyl (C=O) groups excluding carboxylic acids is 2. The molecule has 3 rings (SSSR count). The minimum atomic E-state index is -0.528. The minimum absolute atomic E-state index is 0.0440. The molecule has 0 fully saturated rings. The standard InChI is InChI=1S/C23H27N3O3/c1-15(2)25(16(3)4)22(27)14-29-23(28)18-11-12-21-20(13-18)24-17(5)26(21)19-9-7-6-8-10-19/h6-13,15-16H,14H2,1-5H3. The summed E-state index contributed by atoms with van der Waals surface area (Å²) in [5, 5.41) is 0. The van der Waals surface area contributed by atoms with Gasteiger partial charge in [-0.05, 0) is 65.0 Å². The number of esters is 1. The Balaban J connectivity index is 1.79. The van der Waals surface area contributed by atoms with Gasteiger partial charge in [0.1, 0.15) is 5.82 Å². The maximum absolute atomic E-state index is 12.5. The first-order valence-corrected chi connectivity index (χ1v) is 9.82. The lowest BCUT2D eigenvalue weighted by molar-refractivity contribution is -0.138. The van der Waals surface area contributed by atoms with Crippen molar-refractivity contribution in [3.05, 3.63) is 59.9 Å². The van der Waals surface area contributed by atoms with E-state index in [1.807, 2.05) is 75.6 Å². The number of hydrogen-bond acceptors (Lipinski definition) is 4. The Morgan fingerprint density at radius 2 is 1.69 bits per heavy atom. The van der Waals surface area contributed by atoms with Crippen LogP contribution < -0.4 is 0 Å². The molecule has 0 radical (unpaired) electrons. The summed E-state index contributed by atoms with van der Waals surface area (Å²) in [6, 6.07) is 15.3. The first kappa shape index (κ1) is 20.6. The fraction of sp³-hybridized carbons (Fsp3) is 0.348. The van der Waals surface area contributed by atoms with Crippen molar-refractivity contribution in [3.63, 3.8) is 0 Å². The lowest BCUT2D eigenvalue weighted by atomic mass is 10.2. The molecule has 0 aliphatic heterocycles. The molecule has 0 saturated carbocycles. The van der Waals surface area contributed by atoms with Crippen LogP contribution in [-0.2, 0) is 9.53 Å². The van der Waals surface area contributed by atoms with Crippen LogP contribution in [-0.4, -0.2) is 45.0 Å². The Morgan fingerprint density at radius 1 is 1.03 bits per heavy atom. The van der Waals surface area contributed by atoms with Crippen LogP contribution in [0.15, 0.2) is 48.5 Å². The highest BCUT2D eigenvalue weighted by atomic mass is 16.5. The zero-order valence-electron chi connectivity index (χ0n) is 17.5. The van der Waals surface area contributed by atoms with Crippen molar-refractivity contribution in [1.82, 2.24) is 14.5 Å². The van der Waals surface area contributed by atoms with Crippen molar-refractivity contribution in [2.75, 3.05) is 6.61 Å². The van der Waals surface area contributed by atoms with E-state index in [0.717, 1.165) is 17.0 Å². The second kappa shape index (κ2) is 8.47. The van der Waals surface area contributed by atoms with Crippen molar-refractivity contribution >= 4 is 22.9 Å². The third-order valence-corrected chi connectivity index (χ3v) is 4.80. The Kier molecular flexibility index (Phi) is 6.01. The van der Waals surface area contributed by atoms with E-state index in [1.54, 1.807) is 17.0 Å². The number of carbonyl (C=O) groups is 2. The Morgan fingerprint density at radius 3 is 2.31 bits per heavy atom. The van der Waals surface area contributed by atoms with Gasteiger partial charge >= 0.3 is 5.97 Å². The molecule has 152 valence electrons. The van der Waals surface area contributed by atoms with E-state index < -0.39 is 5.97 Å². The monoisotopic (exact) mass is 393 g/mol. The number of hydrogen-bond donors (Lipinski definition) is 0. The topological polar surface area (TPSA) is 64.4 Å². The summed E-state index contributed by atoms with van der Waals surface area (Å²) >= 11 is 0. The fourth-order valence-corrected chi connectivity index (χ4v) is 3.69. The molecular formula is C23H27N3O3. The van der Waals surface area contributed by atoms with Crippen LogP contribution in [0.25, 0.3) is 16.7 Å². The zero-order valence-corrected chi connectivity index (χ0v) is 17.5. The fourth-order valence-electron chi connectivity index (χ4n) is 3.69. The Bertz CT molecular complexity index is 1010. The van der Waals surface area contributed by atoms with Crippen LogP contribution in [0, 0.1) is 6.92 Å². The molecule has 6 nitrogen and oxygen atoms in total. The quantitative estimate of drug-likeness (QED) is 0.591. The van der Waals surface area contributed by atoms with Gasteiger partial charge in [-0.25, -0.2) is 9.78 Å². The number of imidazole rings is 1. The highest BCUT2D eigenvalue weighted by Crippen LogP contribution is 2.22. The minimum Gasteiger partial charge on any atom is -0.452 e. The Labute approximate surface area is 171 Å². The normalized spacial score (nSPS) is 11.3. The van der Waals surface area contributed by atoms with Gasteiger partial charge in [0.2, 0.25) is 0 Å². The van der Waals surface area contributed by atoms with Crippen LogP contribution in [0.5, 0.6) is 0 Å². The number of fused-ring (bicyclic) bond motifs is 1. The smallest absolute Gasteiger partial charge is 0.338 e. The number of para-hydroxylation sites is 1. The molecule has 1 amide bonds. The summed E-state index contributed by atoms with van der Waals surface area (Å²) in [4.78, 5) is 31.2. The van der Waals surface area contributed by atoms with Gasteiger partial charge in [0, 0.05) is 17.8 Å². The van der Waals surface area contributed by atoms with Gasteiger partial charge in [0.05, 0.1) is 16.6 Å². The van der Waals surface area contributed by atoms with Crippen LogP contribution in [0.4, 0.5) is 0 Å². The summed E-state index contributed by atoms with van der Waals surface area (Å²) < 4.78 is 7.32. The van der Waals surface area contributed by atoms with E-state index in [9.17, 15) is 9.59 Å². The summed E-state index contributed by atoms with van der Waals surface area (Å²) in [6.07, 6.45) is 0. The van der Waals surface area contributed by atoms with Crippen LogP contribution in [0.3, 0.4) is 0 Å². The number of nitrogens with zero attached hydrogens (tertiary/aromatic N) is 3. The molecule has 1 aromatic heterocycles. The lowest BCUT2D eigenvalue weighted by Crippen LogP contribution is -2.44.